The van der Waals surface area contributed by atoms with Crippen LogP contribution in [0.4, 0.5) is 5.69 Å². The Bertz CT molecular complexity index is 637. The number of nitro groups is 1. The largest absolute Gasteiger partial charge is 0.491 e. The maximum absolute atomic E-state index is 11.3. The first kappa shape index (κ1) is 25.3. The smallest absolute Gasteiger partial charge is 0.303 e. The van der Waals surface area contributed by atoms with Crippen LogP contribution in [0.1, 0.15) is 19.3 Å². The fourth-order valence-electron chi connectivity index (χ4n) is 2.14. The molecule has 11 nitrogen and oxygen atoms in total. The van der Waals surface area contributed by atoms with Gasteiger partial charge in [-0.3, -0.25) is 19.7 Å². The van der Waals surface area contributed by atoms with Crippen LogP contribution in [0.25, 0.3) is 0 Å². The van der Waals surface area contributed by atoms with Gasteiger partial charge in [0.15, 0.2) is 0 Å². The Balaban J connectivity index is 1.83. The van der Waals surface area contributed by atoms with Gasteiger partial charge in [-0.1, -0.05) is 0 Å². The first-order valence-electron chi connectivity index (χ1n) is 9.58. The van der Waals surface area contributed by atoms with Crippen molar-refractivity contribution in [1.82, 2.24) is 5.32 Å². The van der Waals surface area contributed by atoms with E-state index in [2.05, 4.69) is 5.32 Å². The molecule has 2 N–H and O–H groups in total. The van der Waals surface area contributed by atoms with Gasteiger partial charge in [-0.15, -0.1) is 0 Å². The van der Waals surface area contributed by atoms with Crippen molar-refractivity contribution in [2.45, 2.75) is 19.3 Å². The zero-order chi connectivity index (χ0) is 22.0. The summed E-state index contributed by atoms with van der Waals surface area (Å²) in [6.45, 7) is 3.29. The molecule has 1 rings (SSSR count). The van der Waals surface area contributed by atoms with E-state index in [0.717, 1.165) is 0 Å². The van der Waals surface area contributed by atoms with E-state index in [1.807, 2.05) is 0 Å². The van der Waals surface area contributed by atoms with Gasteiger partial charge in [0.2, 0.25) is 5.91 Å². The summed E-state index contributed by atoms with van der Waals surface area (Å²) in [5, 5.41) is 21.6. The van der Waals surface area contributed by atoms with E-state index >= 15 is 0 Å². The van der Waals surface area contributed by atoms with Crippen molar-refractivity contribution in [3.63, 3.8) is 0 Å². The van der Waals surface area contributed by atoms with Crippen molar-refractivity contribution in [2.75, 3.05) is 52.8 Å². The molecule has 11 heteroatoms. The third kappa shape index (κ3) is 13.4. The minimum Gasteiger partial charge on any atom is -0.491 e. The molecule has 30 heavy (non-hydrogen) atoms. The third-order valence-corrected chi connectivity index (χ3v) is 3.64. The molecule has 1 aromatic carbocycles. The van der Waals surface area contributed by atoms with E-state index in [4.69, 9.17) is 24.1 Å². The van der Waals surface area contributed by atoms with Crippen LogP contribution in [0.2, 0.25) is 0 Å². The van der Waals surface area contributed by atoms with Crippen LogP contribution < -0.4 is 10.1 Å². The molecule has 0 spiro atoms. The number of carbonyl (C=O) groups excluding carboxylic acids is 1. The highest BCUT2D eigenvalue weighted by Crippen LogP contribution is 2.16. The number of ether oxygens (including phenoxy) is 4. The maximum Gasteiger partial charge on any atom is 0.303 e. The molecule has 168 valence electrons. The lowest BCUT2D eigenvalue weighted by atomic mass is 10.3. The molecule has 1 aromatic rings. The fraction of sp³-hybridized carbons (Fsp3) is 0.579. The van der Waals surface area contributed by atoms with Gasteiger partial charge in [0.05, 0.1) is 44.4 Å². The number of nitro benzene ring substituents is 1. The van der Waals surface area contributed by atoms with Crippen LogP contribution in [0.3, 0.4) is 0 Å². The Hall–Kier alpha value is -2.76. The minimum absolute atomic E-state index is 0.0134. The van der Waals surface area contributed by atoms with Gasteiger partial charge in [0, 0.05) is 31.7 Å². The number of hydrogen-bond donors (Lipinski definition) is 2. The summed E-state index contributed by atoms with van der Waals surface area (Å²) in [5.41, 5.74) is 0.0134. The third-order valence-electron chi connectivity index (χ3n) is 3.64. The molecule has 0 radical (unpaired) electrons. The molecule has 0 aromatic heterocycles. The van der Waals surface area contributed by atoms with Crippen LogP contribution in [-0.2, 0) is 23.8 Å². The molecule has 1 amide bonds. The SMILES string of the molecule is O=C(O)CCC(=O)NCCCOCCOCCOCCOc1ccc([N+](=O)[O-])cc1. The number of nitrogens with one attached hydrogen (secondary N) is 1. The van der Waals surface area contributed by atoms with Gasteiger partial charge in [-0.25, -0.2) is 0 Å². The quantitative estimate of drug-likeness (QED) is 0.201. The molecule has 0 bridgehead atoms. The molecule has 0 atom stereocenters. The second-order valence-electron chi connectivity index (χ2n) is 6.03. The lowest BCUT2D eigenvalue weighted by Gasteiger charge is -2.08. The molecule has 0 saturated heterocycles. The van der Waals surface area contributed by atoms with Gasteiger partial charge in [-0.2, -0.15) is 0 Å². The summed E-state index contributed by atoms with van der Waals surface area (Å²) < 4.78 is 21.5. The number of hydrogen-bond acceptors (Lipinski definition) is 8. The van der Waals surface area contributed by atoms with Crippen molar-refractivity contribution >= 4 is 17.6 Å². The Labute approximate surface area is 174 Å². The van der Waals surface area contributed by atoms with E-state index < -0.39 is 10.9 Å². The van der Waals surface area contributed by atoms with Crippen molar-refractivity contribution in [1.29, 1.82) is 0 Å². The summed E-state index contributed by atoms with van der Waals surface area (Å²) in [4.78, 5) is 31.7. The number of benzene rings is 1. The topological polar surface area (TPSA) is 146 Å². The number of carboxylic acids is 1. The standard InChI is InChI=1S/C19H28N2O9/c22-18(6-7-19(23)24)20-8-1-9-27-10-11-28-12-13-29-14-15-30-17-4-2-16(3-5-17)21(25)26/h2-5H,1,6-15H2,(H,20,22)(H,23,24). The molecule has 0 aliphatic carbocycles. The second kappa shape index (κ2) is 16.1. The molecule has 0 aliphatic rings. The summed E-state index contributed by atoms with van der Waals surface area (Å²) in [7, 11) is 0. The maximum atomic E-state index is 11.3. The first-order valence-corrected chi connectivity index (χ1v) is 9.58. The van der Waals surface area contributed by atoms with Gasteiger partial charge >= 0.3 is 5.97 Å². The van der Waals surface area contributed by atoms with Gasteiger partial charge in [0.25, 0.3) is 5.69 Å². The van der Waals surface area contributed by atoms with Gasteiger partial charge < -0.3 is 29.4 Å². The van der Waals surface area contributed by atoms with E-state index in [0.29, 0.717) is 65.0 Å². The van der Waals surface area contributed by atoms with E-state index in [1.54, 1.807) is 0 Å². The Morgan fingerprint density at radius 3 is 2.03 bits per heavy atom. The first-order chi connectivity index (χ1) is 14.5. The number of nitrogens with zero attached hydrogens (tertiary/aromatic N) is 1. The molecular weight excluding hydrogens is 400 g/mol. The highest BCUT2D eigenvalue weighted by atomic mass is 16.6. The average Bonchev–Trinajstić information content (AvgIpc) is 2.72. The Morgan fingerprint density at radius 2 is 1.47 bits per heavy atom. The Kier molecular flexibility index (Phi) is 13.6. The zero-order valence-electron chi connectivity index (χ0n) is 16.7. The van der Waals surface area contributed by atoms with Crippen LogP contribution in [0, 0.1) is 10.1 Å². The number of aliphatic carboxylic acids is 1. The van der Waals surface area contributed by atoms with Crippen molar-refractivity contribution < 1.29 is 38.6 Å². The van der Waals surface area contributed by atoms with Gasteiger partial charge in [-0.05, 0) is 18.6 Å². The van der Waals surface area contributed by atoms with Gasteiger partial charge in [0.1, 0.15) is 12.4 Å². The molecule has 0 unspecified atom stereocenters. The number of non-ortho nitro benzene ring substituents is 1. The summed E-state index contributed by atoms with van der Waals surface area (Å²) in [6, 6.07) is 5.83. The average molecular weight is 428 g/mol. The second-order valence-corrected chi connectivity index (χ2v) is 6.03. The van der Waals surface area contributed by atoms with Crippen LogP contribution in [-0.4, -0.2) is 74.7 Å². The predicted octanol–water partition coefficient (Wildman–Crippen LogP) is 1.39. The van der Waals surface area contributed by atoms with E-state index in [-0.39, 0.29) is 24.4 Å². The molecule has 0 fully saturated rings. The van der Waals surface area contributed by atoms with Crippen molar-refractivity contribution in [2.24, 2.45) is 0 Å². The summed E-state index contributed by atoms with van der Waals surface area (Å²) >= 11 is 0. The van der Waals surface area contributed by atoms with Crippen LogP contribution >= 0.6 is 0 Å². The Morgan fingerprint density at radius 1 is 0.900 bits per heavy atom. The normalized spacial score (nSPS) is 10.5. The van der Waals surface area contributed by atoms with E-state index in [1.165, 1.54) is 24.3 Å². The molecule has 0 heterocycles. The predicted molar refractivity (Wildman–Crippen MR) is 106 cm³/mol. The van der Waals surface area contributed by atoms with Crippen LogP contribution in [0.15, 0.2) is 24.3 Å². The minimum atomic E-state index is -0.991. The van der Waals surface area contributed by atoms with E-state index in [9.17, 15) is 19.7 Å². The molecular formula is C19H28N2O9. The zero-order valence-corrected chi connectivity index (χ0v) is 16.7. The molecule has 0 aliphatic heterocycles. The summed E-state index contributed by atoms with van der Waals surface area (Å²) in [6.07, 6.45) is 0.447. The lowest BCUT2D eigenvalue weighted by Crippen LogP contribution is -2.25. The molecule has 0 saturated carbocycles. The lowest BCUT2D eigenvalue weighted by molar-refractivity contribution is -0.384. The summed E-state index contributed by atoms with van der Waals surface area (Å²) in [5.74, 6) is -0.731. The number of carbonyl (C=O) groups is 2. The number of amides is 1. The fourth-order valence-corrected chi connectivity index (χ4v) is 2.14. The number of rotatable bonds is 18. The van der Waals surface area contributed by atoms with Crippen LogP contribution in [0.5, 0.6) is 5.75 Å². The van der Waals surface area contributed by atoms with Crippen molar-refractivity contribution in [3.05, 3.63) is 34.4 Å². The highest BCUT2D eigenvalue weighted by Gasteiger charge is 2.05. The monoisotopic (exact) mass is 428 g/mol. The highest BCUT2D eigenvalue weighted by molar-refractivity contribution is 5.80. The number of carboxylic acid groups (broad SMARTS) is 1. The van der Waals surface area contributed by atoms with Crippen molar-refractivity contribution in [3.8, 4) is 5.75 Å².